The Morgan fingerprint density at radius 3 is 2.62 bits per heavy atom. The van der Waals surface area contributed by atoms with Gasteiger partial charge in [-0.2, -0.15) is 0 Å². The second kappa shape index (κ2) is 6.18. The standard InChI is InChI=1S/C11H22N2O3/c1-11(2,15)8-12-7-10(14)13-9-3-5-16-6-4-9/h9,12,15H,3-8H2,1-2H3,(H,13,14). The van der Waals surface area contributed by atoms with E-state index < -0.39 is 5.60 Å². The summed E-state index contributed by atoms with van der Waals surface area (Å²) in [6.45, 7) is 5.52. The first-order chi connectivity index (χ1) is 7.47. The Bertz CT molecular complexity index is 220. The molecule has 1 aliphatic rings. The molecule has 0 aliphatic carbocycles. The Morgan fingerprint density at radius 1 is 1.44 bits per heavy atom. The molecule has 1 aliphatic heterocycles. The van der Waals surface area contributed by atoms with Gasteiger partial charge in [-0.05, 0) is 26.7 Å². The van der Waals surface area contributed by atoms with Crippen LogP contribution < -0.4 is 10.6 Å². The van der Waals surface area contributed by atoms with E-state index in [1.807, 2.05) is 0 Å². The van der Waals surface area contributed by atoms with Crippen LogP contribution in [0.5, 0.6) is 0 Å². The molecule has 0 unspecified atom stereocenters. The summed E-state index contributed by atoms with van der Waals surface area (Å²) in [4.78, 5) is 11.5. The number of carbonyl (C=O) groups excluding carboxylic acids is 1. The molecule has 94 valence electrons. The average Bonchev–Trinajstić information content (AvgIpc) is 2.17. The van der Waals surface area contributed by atoms with E-state index in [0.717, 1.165) is 26.1 Å². The van der Waals surface area contributed by atoms with Crippen LogP contribution >= 0.6 is 0 Å². The normalized spacial score (nSPS) is 18.4. The Morgan fingerprint density at radius 2 is 2.06 bits per heavy atom. The smallest absolute Gasteiger partial charge is 0.234 e. The highest BCUT2D eigenvalue weighted by Crippen LogP contribution is 2.05. The summed E-state index contributed by atoms with van der Waals surface area (Å²) in [7, 11) is 0. The van der Waals surface area contributed by atoms with Crippen molar-refractivity contribution in [1.29, 1.82) is 0 Å². The molecule has 1 heterocycles. The number of ether oxygens (including phenoxy) is 1. The number of hydrogen-bond acceptors (Lipinski definition) is 4. The van der Waals surface area contributed by atoms with Crippen molar-refractivity contribution in [3.8, 4) is 0 Å². The van der Waals surface area contributed by atoms with Crippen molar-refractivity contribution >= 4 is 5.91 Å². The fraction of sp³-hybridized carbons (Fsp3) is 0.909. The summed E-state index contributed by atoms with van der Waals surface area (Å²) in [5.74, 6) is -0.0175. The zero-order chi connectivity index (χ0) is 12.0. The van der Waals surface area contributed by atoms with Crippen LogP contribution in [0.15, 0.2) is 0 Å². The van der Waals surface area contributed by atoms with Crippen molar-refractivity contribution in [2.24, 2.45) is 0 Å². The highest BCUT2D eigenvalue weighted by Gasteiger charge is 2.16. The molecular formula is C11H22N2O3. The van der Waals surface area contributed by atoms with Crippen molar-refractivity contribution in [2.75, 3.05) is 26.3 Å². The molecule has 0 aromatic rings. The van der Waals surface area contributed by atoms with Gasteiger partial charge >= 0.3 is 0 Å². The zero-order valence-electron chi connectivity index (χ0n) is 10.1. The van der Waals surface area contributed by atoms with Gasteiger partial charge in [0.2, 0.25) is 5.91 Å². The average molecular weight is 230 g/mol. The van der Waals surface area contributed by atoms with Crippen LogP contribution in [0.1, 0.15) is 26.7 Å². The summed E-state index contributed by atoms with van der Waals surface area (Å²) >= 11 is 0. The highest BCUT2D eigenvalue weighted by molar-refractivity contribution is 5.78. The monoisotopic (exact) mass is 230 g/mol. The summed E-state index contributed by atoms with van der Waals surface area (Å²) < 4.78 is 5.21. The van der Waals surface area contributed by atoms with Crippen LogP contribution in [0.2, 0.25) is 0 Å². The lowest BCUT2D eigenvalue weighted by Crippen LogP contribution is -2.45. The van der Waals surface area contributed by atoms with Gasteiger partial charge < -0.3 is 20.5 Å². The number of aliphatic hydroxyl groups is 1. The van der Waals surface area contributed by atoms with E-state index in [1.54, 1.807) is 13.8 Å². The number of nitrogens with one attached hydrogen (secondary N) is 2. The topological polar surface area (TPSA) is 70.6 Å². The van der Waals surface area contributed by atoms with Gasteiger partial charge in [-0.25, -0.2) is 0 Å². The maximum absolute atomic E-state index is 11.5. The van der Waals surface area contributed by atoms with Crippen molar-refractivity contribution < 1.29 is 14.6 Å². The maximum atomic E-state index is 11.5. The molecule has 1 saturated heterocycles. The van der Waals surface area contributed by atoms with Crippen LogP contribution in [0.3, 0.4) is 0 Å². The second-order valence-corrected chi connectivity index (χ2v) is 4.87. The number of amides is 1. The molecule has 5 heteroatoms. The van der Waals surface area contributed by atoms with Crippen LogP contribution in [0.4, 0.5) is 0 Å². The number of carbonyl (C=O) groups is 1. The maximum Gasteiger partial charge on any atom is 0.234 e. The summed E-state index contributed by atoms with van der Waals surface area (Å²) in [6.07, 6.45) is 1.77. The second-order valence-electron chi connectivity index (χ2n) is 4.87. The van der Waals surface area contributed by atoms with Gasteiger partial charge in [0, 0.05) is 25.8 Å². The summed E-state index contributed by atoms with van der Waals surface area (Å²) in [5.41, 5.74) is -0.779. The predicted molar refractivity (Wildman–Crippen MR) is 61.2 cm³/mol. The van der Waals surface area contributed by atoms with Crippen LogP contribution in [0.25, 0.3) is 0 Å². The third-order valence-electron chi connectivity index (χ3n) is 2.43. The van der Waals surface area contributed by atoms with E-state index in [-0.39, 0.29) is 18.5 Å². The lowest BCUT2D eigenvalue weighted by Gasteiger charge is -2.23. The lowest BCUT2D eigenvalue weighted by molar-refractivity contribution is -0.121. The SMILES string of the molecule is CC(C)(O)CNCC(=O)NC1CCOCC1. The minimum absolute atomic E-state index is 0.0175. The Kier molecular flexibility index (Phi) is 5.18. The van der Waals surface area contributed by atoms with Gasteiger partial charge in [0.25, 0.3) is 0 Å². The summed E-state index contributed by atoms with van der Waals surface area (Å²) in [5, 5.41) is 15.3. The van der Waals surface area contributed by atoms with E-state index in [0.29, 0.717) is 6.54 Å². The third kappa shape index (κ3) is 6.05. The molecule has 1 rings (SSSR count). The minimum atomic E-state index is -0.779. The van der Waals surface area contributed by atoms with E-state index in [2.05, 4.69) is 10.6 Å². The molecule has 16 heavy (non-hydrogen) atoms. The van der Waals surface area contributed by atoms with E-state index in [4.69, 9.17) is 4.74 Å². The minimum Gasteiger partial charge on any atom is -0.389 e. The number of rotatable bonds is 5. The van der Waals surface area contributed by atoms with Gasteiger partial charge in [-0.1, -0.05) is 0 Å². The first-order valence-electron chi connectivity index (χ1n) is 5.77. The van der Waals surface area contributed by atoms with Crippen molar-refractivity contribution in [2.45, 2.75) is 38.3 Å². The Balaban J connectivity index is 2.10. The first-order valence-corrected chi connectivity index (χ1v) is 5.77. The molecule has 1 amide bonds. The molecule has 0 spiro atoms. The molecule has 5 nitrogen and oxygen atoms in total. The van der Waals surface area contributed by atoms with Crippen molar-refractivity contribution in [1.82, 2.24) is 10.6 Å². The van der Waals surface area contributed by atoms with Crippen LogP contribution in [0, 0.1) is 0 Å². The largest absolute Gasteiger partial charge is 0.389 e. The third-order valence-corrected chi connectivity index (χ3v) is 2.43. The fourth-order valence-corrected chi connectivity index (χ4v) is 1.60. The molecule has 0 atom stereocenters. The predicted octanol–water partition coefficient (Wildman–Crippen LogP) is -0.358. The molecule has 0 aromatic heterocycles. The highest BCUT2D eigenvalue weighted by atomic mass is 16.5. The van der Waals surface area contributed by atoms with Gasteiger partial charge in [-0.3, -0.25) is 4.79 Å². The molecular weight excluding hydrogens is 208 g/mol. The summed E-state index contributed by atoms with van der Waals surface area (Å²) in [6, 6.07) is 0.241. The Hall–Kier alpha value is -0.650. The van der Waals surface area contributed by atoms with Gasteiger partial charge in [0.1, 0.15) is 0 Å². The van der Waals surface area contributed by atoms with E-state index in [9.17, 15) is 9.90 Å². The van der Waals surface area contributed by atoms with E-state index >= 15 is 0 Å². The molecule has 0 saturated carbocycles. The van der Waals surface area contributed by atoms with E-state index in [1.165, 1.54) is 0 Å². The van der Waals surface area contributed by atoms with Gasteiger partial charge in [-0.15, -0.1) is 0 Å². The van der Waals surface area contributed by atoms with Crippen LogP contribution in [-0.4, -0.2) is 49.0 Å². The van der Waals surface area contributed by atoms with Crippen molar-refractivity contribution in [3.05, 3.63) is 0 Å². The molecule has 0 aromatic carbocycles. The van der Waals surface area contributed by atoms with Gasteiger partial charge in [0.05, 0.1) is 12.1 Å². The fourth-order valence-electron chi connectivity index (χ4n) is 1.60. The van der Waals surface area contributed by atoms with Gasteiger partial charge in [0.15, 0.2) is 0 Å². The lowest BCUT2D eigenvalue weighted by atomic mass is 10.1. The quantitative estimate of drug-likeness (QED) is 0.603. The molecule has 3 N–H and O–H groups in total. The van der Waals surface area contributed by atoms with Crippen molar-refractivity contribution in [3.63, 3.8) is 0 Å². The number of hydrogen-bond donors (Lipinski definition) is 3. The zero-order valence-corrected chi connectivity index (χ0v) is 10.1. The molecule has 0 bridgehead atoms. The molecule has 0 radical (unpaired) electrons. The first kappa shape index (κ1) is 13.4. The molecule has 1 fully saturated rings. The van der Waals surface area contributed by atoms with Crippen LogP contribution in [-0.2, 0) is 9.53 Å². The Labute approximate surface area is 96.6 Å².